The van der Waals surface area contributed by atoms with Crippen molar-refractivity contribution in [3.05, 3.63) is 99.6 Å². The number of hydrogen-bond donors (Lipinski definition) is 2. The molecular weight excluding hydrogens is 450 g/mol. The lowest BCUT2D eigenvalue weighted by Crippen LogP contribution is -2.32. The second kappa shape index (κ2) is 11.6. The van der Waals surface area contributed by atoms with E-state index in [1.807, 2.05) is 12.1 Å². The second-order valence-corrected chi connectivity index (χ2v) is 7.91. The lowest BCUT2D eigenvalue weighted by Gasteiger charge is -2.24. The first-order chi connectivity index (χ1) is 16.4. The molecule has 0 spiro atoms. The molecule has 0 unspecified atom stereocenters. The van der Waals surface area contributed by atoms with Gasteiger partial charge in [0.05, 0.1) is 23.3 Å². The number of benzene rings is 3. The molecular formula is C26H22ClN5O2. The molecule has 3 N–H and O–H groups in total. The standard InChI is InChI=1S/C26H22ClN5O2/c27-24-11-10-23(31-25(33)20-6-2-18(15-29)3-7-20)14-22(24)17-32(13-1-12-28)26(34)21-8-4-19(16-30)5-9-21/h2-11,14H,1,12-13,17,28H2,(H,31,33). The van der Waals surface area contributed by atoms with Crippen LogP contribution < -0.4 is 11.1 Å². The maximum Gasteiger partial charge on any atom is 0.255 e. The number of carbonyl (C=O) groups is 2. The average Bonchev–Trinajstić information content (AvgIpc) is 2.87. The van der Waals surface area contributed by atoms with Gasteiger partial charge in [0.15, 0.2) is 0 Å². The molecule has 0 saturated carbocycles. The van der Waals surface area contributed by atoms with Gasteiger partial charge in [-0.15, -0.1) is 0 Å². The minimum atomic E-state index is -0.327. The van der Waals surface area contributed by atoms with E-state index in [9.17, 15) is 9.59 Å². The monoisotopic (exact) mass is 471 g/mol. The van der Waals surface area contributed by atoms with Gasteiger partial charge in [0.25, 0.3) is 11.8 Å². The molecule has 2 amide bonds. The molecule has 0 aliphatic rings. The Balaban J connectivity index is 1.79. The van der Waals surface area contributed by atoms with E-state index < -0.39 is 0 Å². The van der Waals surface area contributed by atoms with E-state index >= 15 is 0 Å². The molecule has 3 rings (SSSR count). The van der Waals surface area contributed by atoms with Crippen LogP contribution in [0.25, 0.3) is 0 Å². The van der Waals surface area contributed by atoms with Crippen molar-refractivity contribution in [1.29, 1.82) is 10.5 Å². The number of anilines is 1. The Morgan fingerprint density at radius 2 is 1.50 bits per heavy atom. The van der Waals surface area contributed by atoms with Crippen LogP contribution in [0.1, 0.15) is 43.8 Å². The Labute approximate surface area is 203 Å². The zero-order chi connectivity index (χ0) is 24.5. The van der Waals surface area contributed by atoms with E-state index in [-0.39, 0.29) is 18.4 Å². The van der Waals surface area contributed by atoms with Crippen LogP contribution in [0.4, 0.5) is 5.69 Å². The fourth-order valence-corrected chi connectivity index (χ4v) is 3.46. The highest BCUT2D eigenvalue weighted by atomic mass is 35.5. The maximum atomic E-state index is 13.1. The minimum absolute atomic E-state index is 0.207. The molecule has 3 aromatic carbocycles. The van der Waals surface area contributed by atoms with Crippen molar-refractivity contribution >= 4 is 29.1 Å². The third-order valence-corrected chi connectivity index (χ3v) is 5.49. The van der Waals surface area contributed by atoms with E-state index in [0.29, 0.717) is 58.0 Å². The van der Waals surface area contributed by atoms with Crippen molar-refractivity contribution in [2.45, 2.75) is 13.0 Å². The fourth-order valence-electron chi connectivity index (χ4n) is 3.28. The molecule has 0 heterocycles. The molecule has 34 heavy (non-hydrogen) atoms. The van der Waals surface area contributed by atoms with Crippen LogP contribution in [-0.4, -0.2) is 29.8 Å². The van der Waals surface area contributed by atoms with Crippen LogP contribution in [0.2, 0.25) is 5.02 Å². The smallest absolute Gasteiger partial charge is 0.255 e. The van der Waals surface area contributed by atoms with Crippen molar-refractivity contribution in [2.75, 3.05) is 18.4 Å². The molecule has 8 heteroatoms. The quantitative estimate of drug-likeness (QED) is 0.506. The van der Waals surface area contributed by atoms with E-state index in [1.165, 1.54) is 0 Å². The first-order valence-electron chi connectivity index (χ1n) is 10.5. The lowest BCUT2D eigenvalue weighted by molar-refractivity contribution is 0.0742. The van der Waals surface area contributed by atoms with Crippen LogP contribution in [-0.2, 0) is 6.54 Å². The maximum absolute atomic E-state index is 13.1. The summed E-state index contributed by atoms with van der Waals surface area (Å²) in [5.41, 5.74) is 8.66. The summed E-state index contributed by atoms with van der Waals surface area (Å²) in [6.45, 7) is 1.07. The van der Waals surface area contributed by atoms with Crippen LogP contribution in [0.15, 0.2) is 66.7 Å². The zero-order valence-corrected chi connectivity index (χ0v) is 19.0. The highest BCUT2D eigenvalue weighted by Crippen LogP contribution is 2.24. The van der Waals surface area contributed by atoms with Gasteiger partial charge in [-0.3, -0.25) is 9.59 Å². The van der Waals surface area contributed by atoms with Crippen LogP contribution >= 0.6 is 11.6 Å². The summed E-state index contributed by atoms with van der Waals surface area (Å²) >= 11 is 6.41. The normalized spacial score (nSPS) is 10.1. The number of nitrogens with one attached hydrogen (secondary N) is 1. The fraction of sp³-hybridized carbons (Fsp3) is 0.154. The van der Waals surface area contributed by atoms with E-state index in [1.54, 1.807) is 71.6 Å². The molecule has 0 aliphatic heterocycles. The van der Waals surface area contributed by atoms with Crippen LogP contribution in [0.5, 0.6) is 0 Å². The molecule has 0 radical (unpaired) electrons. The van der Waals surface area contributed by atoms with E-state index in [4.69, 9.17) is 27.9 Å². The number of halogens is 1. The third-order valence-electron chi connectivity index (χ3n) is 5.12. The molecule has 7 nitrogen and oxygen atoms in total. The van der Waals surface area contributed by atoms with Crippen molar-refractivity contribution in [1.82, 2.24) is 4.90 Å². The number of carbonyl (C=O) groups excluding carboxylic acids is 2. The topological polar surface area (TPSA) is 123 Å². The number of nitrogens with zero attached hydrogens (tertiary/aromatic N) is 3. The van der Waals surface area contributed by atoms with Gasteiger partial charge in [0.1, 0.15) is 0 Å². The SMILES string of the molecule is N#Cc1ccc(C(=O)Nc2ccc(Cl)c(CN(CCCN)C(=O)c3ccc(C#N)cc3)c2)cc1. The van der Waals surface area contributed by atoms with Gasteiger partial charge < -0.3 is 16.0 Å². The molecule has 0 bridgehead atoms. The van der Waals surface area contributed by atoms with Crippen molar-refractivity contribution < 1.29 is 9.59 Å². The highest BCUT2D eigenvalue weighted by Gasteiger charge is 2.18. The molecule has 0 atom stereocenters. The first-order valence-corrected chi connectivity index (χ1v) is 10.9. The Hall–Kier alpha value is -4.17. The largest absolute Gasteiger partial charge is 0.334 e. The van der Waals surface area contributed by atoms with Gasteiger partial charge in [0.2, 0.25) is 0 Å². The first kappa shape index (κ1) is 24.5. The Bertz CT molecular complexity index is 1260. The van der Waals surface area contributed by atoms with Crippen molar-refractivity contribution in [2.24, 2.45) is 5.73 Å². The molecule has 0 aromatic heterocycles. The van der Waals surface area contributed by atoms with Gasteiger partial charge in [-0.1, -0.05) is 11.6 Å². The van der Waals surface area contributed by atoms with Gasteiger partial charge >= 0.3 is 0 Å². The summed E-state index contributed by atoms with van der Waals surface area (Å²) in [6.07, 6.45) is 0.606. The van der Waals surface area contributed by atoms with Crippen molar-refractivity contribution in [3.8, 4) is 12.1 Å². The summed E-state index contributed by atoms with van der Waals surface area (Å²) in [6, 6.07) is 21.9. The Morgan fingerprint density at radius 1 is 0.912 bits per heavy atom. The van der Waals surface area contributed by atoms with Gasteiger partial charge in [-0.2, -0.15) is 10.5 Å². The number of hydrogen-bond acceptors (Lipinski definition) is 5. The third kappa shape index (κ3) is 6.20. The molecule has 0 aliphatic carbocycles. The van der Waals surface area contributed by atoms with Crippen LogP contribution in [0, 0.1) is 22.7 Å². The van der Waals surface area contributed by atoms with E-state index in [2.05, 4.69) is 5.32 Å². The predicted molar refractivity (Wildman–Crippen MR) is 130 cm³/mol. The lowest BCUT2D eigenvalue weighted by atomic mass is 10.1. The zero-order valence-electron chi connectivity index (χ0n) is 18.3. The summed E-state index contributed by atoms with van der Waals surface area (Å²) in [5.74, 6) is -0.535. The summed E-state index contributed by atoms with van der Waals surface area (Å²) < 4.78 is 0. The minimum Gasteiger partial charge on any atom is -0.334 e. The Morgan fingerprint density at radius 3 is 2.06 bits per heavy atom. The van der Waals surface area contributed by atoms with Crippen LogP contribution in [0.3, 0.4) is 0 Å². The van der Waals surface area contributed by atoms with E-state index in [0.717, 1.165) is 0 Å². The number of rotatable bonds is 8. The number of nitrogens with two attached hydrogens (primary N) is 1. The molecule has 3 aromatic rings. The predicted octanol–water partition coefficient (Wildman–Crippen LogP) is 4.33. The summed E-state index contributed by atoms with van der Waals surface area (Å²) in [5, 5.41) is 21.2. The highest BCUT2D eigenvalue weighted by molar-refractivity contribution is 6.31. The second-order valence-electron chi connectivity index (χ2n) is 7.51. The number of nitriles is 2. The van der Waals surface area contributed by atoms with Crippen molar-refractivity contribution in [3.63, 3.8) is 0 Å². The summed E-state index contributed by atoms with van der Waals surface area (Å²) in [7, 11) is 0. The van der Waals surface area contributed by atoms with Gasteiger partial charge in [0, 0.05) is 34.9 Å². The molecule has 0 fully saturated rings. The summed E-state index contributed by atoms with van der Waals surface area (Å²) in [4.78, 5) is 27.4. The molecule has 170 valence electrons. The Kier molecular flexibility index (Phi) is 8.37. The average molecular weight is 472 g/mol. The molecule has 0 saturated heterocycles. The van der Waals surface area contributed by atoms with Gasteiger partial charge in [-0.05, 0) is 85.3 Å². The number of amides is 2. The van der Waals surface area contributed by atoms with Gasteiger partial charge in [-0.25, -0.2) is 0 Å².